The highest BCUT2D eigenvalue weighted by Gasteiger charge is 2.15. The van der Waals surface area contributed by atoms with Crippen molar-refractivity contribution in [3.8, 4) is 0 Å². The molecule has 0 aliphatic carbocycles. The molecule has 0 aromatic heterocycles. The van der Waals surface area contributed by atoms with Crippen LogP contribution in [0.2, 0.25) is 0 Å². The predicted molar refractivity (Wildman–Crippen MR) is 57.4 cm³/mol. The monoisotopic (exact) mass is 221 g/mol. The van der Waals surface area contributed by atoms with Crippen LogP contribution in [0.4, 0.5) is 0 Å². The first-order valence-corrected chi connectivity index (χ1v) is 4.59. The third-order valence-corrected chi connectivity index (χ3v) is 1.84. The Balaban J connectivity index is 2.60. The van der Waals surface area contributed by atoms with Crippen LogP contribution in [0.15, 0.2) is 47.0 Å². The number of aliphatic hydroxyl groups excluding tert-OH is 1. The zero-order valence-corrected chi connectivity index (χ0v) is 8.71. The Bertz CT molecular complexity index is 407. The molecule has 0 aliphatic rings. The molecule has 1 aromatic rings. The van der Waals surface area contributed by atoms with Gasteiger partial charge in [-0.25, -0.2) is 4.79 Å². The lowest BCUT2D eigenvalue weighted by atomic mass is 10.2. The lowest BCUT2D eigenvalue weighted by Gasteiger charge is -2.03. The maximum atomic E-state index is 11.3. The Hall–Kier alpha value is -2.17. The molecule has 0 spiro atoms. The normalized spacial score (nSPS) is 11.6. The molecule has 0 heterocycles. The van der Waals surface area contributed by atoms with Gasteiger partial charge in [-0.15, -0.1) is 4.91 Å². The molecule has 0 bridgehead atoms. The second-order valence-corrected chi connectivity index (χ2v) is 3.09. The van der Waals surface area contributed by atoms with Crippen molar-refractivity contribution in [2.45, 2.75) is 13.5 Å². The molecular formula is C11H11NO4. The molecule has 5 nitrogen and oxygen atoms in total. The molecule has 16 heavy (non-hydrogen) atoms. The van der Waals surface area contributed by atoms with E-state index in [0.717, 1.165) is 5.56 Å². The third-order valence-electron chi connectivity index (χ3n) is 1.84. The maximum Gasteiger partial charge on any atom is 0.364 e. The Labute approximate surface area is 92.3 Å². The molecule has 0 saturated carbocycles. The van der Waals surface area contributed by atoms with E-state index in [9.17, 15) is 9.70 Å². The molecular weight excluding hydrogens is 210 g/mol. The van der Waals surface area contributed by atoms with Crippen LogP contribution in [0.25, 0.3) is 0 Å². The number of carbonyl (C=O) groups excluding carboxylic acids is 1. The first-order valence-electron chi connectivity index (χ1n) is 4.59. The number of allylic oxidation sites excluding steroid dienone is 1. The summed E-state index contributed by atoms with van der Waals surface area (Å²) in [6, 6.07) is 8.99. The quantitative estimate of drug-likeness (QED) is 0.366. The summed E-state index contributed by atoms with van der Waals surface area (Å²) in [7, 11) is 0. The van der Waals surface area contributed by atoms with E-state index < -0.39 is 17.4 Å². The van der Waals surface area contributed by atoms with Crippen LogP contribution in [0.3, 0.4) is 0 Å². The molecule has 0 aliphatic heterocycles. The number of hydrogen-bond donors (Lipinski definition) is 1. The second-order valence-electron chi connectivity index (χ2n) is 3.09. The van der Waals surface area contributed by atoms with Gasteiger partial charge in [-0.05, 0) is 17.7 Å². The highest BCUT2D eigenvalue weighted by molar-refractivity contribution is 5.88. The van der Waals surface area contributed by atoms with Gasteiger partial charge in [-0.1, -0.05) is 30.3 Å². The number of aliphatic hydroxyl groups is 1. The highest BCUT2D eigenvalue weighted by atomic mass is 16.5. The SMILES string of the molecule is C/C(O)=C(/N=O)C(=O)OCc1ccccc1. The first kappa shape index (κ1) is 11.9. The minimum atomic E-state index is -0.932. The Kier molecular flexibility index (Phi) is 4.20. The van der Waals surface area contributed by atoms with Crippen LogP contribution < -0.4 is 0 Å². The van der Waals surface area contributed by atoms with E-state index in [1.165, 1.54) is 6.92 Å². The van der Waals surface area contributed by atoms with Crippen molar-refractivity contribution in [2.24, 2.45) is 5.18 Å². The summed E-state index contributed by atoms with van der Waals surface area (Å²) >= 11 is 0. The Morgan fingerprint density at radius 2 is 2.00 bits per heavy atom. The summed E-state index contributed by atoms with van der Waals surface area (Å²) in [5, 5.41) is 11.4. The van der Waals surface area contributed by atoms with Gasteiger partial charge in [0.15, 0.2) is 0 Å². The van der Waals surface area contributed by atoms with Crippen molar-refractivity contribution in [3.05, 3.63) is 52.3 Å². The molecule has 84 valence electrons. The average Bonchev–Trinajstić information content (AvgIpc) is 2.28. The molecule has 0 amide bonds. The fourth-order valence-electron chi connectivity index (χ4n) is 1.04. The minimum Gasteiger partial charge on any atom is -0.510 e. The maximum absolute atomic E-state index is 11.3. The molecule has 0 saturated heterocycles. The van der Waals surface area contributed by atoms with E-state index in [-0.39, 0.29) is 6.61 Å². The number of rotatable bonds is 4. The standard InChI is InChI=1S/C11H11NO4/c1-8(13)10(12-15)11(14)16-7-9-5-3-2-4-6-9/h2-6,13H,7H2,1H3/b10-8-. The van der Waals surface area contributed by atoms with E-state index in [1.54, 1.807) is 24.3 Å². The topological polar surface area (TPSA) is 76.0 Å². The second kappa shape index (κ2) is 5.65. The van der Waals surface area contributed by atoms with Crippen molar-refractivity contribution in [1.82, 2.24) is 0 Å². The van der Waals surface area contributed by atoms with Crippen LogP contribution in [-0.2, 0) is 16.1 Å². The van der Waals surface area contributed by atoms with Crippen molar-refractivity contribution in [2.75, 3.05) is 0 Å². The smallest absolute Gasteiger partial charge is 0.364 e. The number of carbonyl (C=O) groups is 1. The van der Waals surface area contributed by atoms with Gasteiger partial charge in [0.25, 0.3) is 0 Å². The average molecular weight is 221 g/mol. The molecule has 0 fully saturated rings. The van der Waals surface area contributed by atoms with Gasteiger partial charge in [0.2, 0.25) is 5.70 Å². The van der Waals surface area contributed by atoms with Crippen molar-refractivity contribution < 1.29 is 14.6 Å². The number of benzene rings is 1. The molecule has 1 rings (SSSR count). The van der Waals surface area contributed by atoms with Gasteiger partial charge in [0.1, 0.15) is 12.4 Å². The first-order chi connectivity index (χ1) is 7.65. The summed E-state index contributed by atoms with van der Waals surface area (Å²) in [5.74, 6) is -1.38. The van der Waals surface area contributed by atoms with E-state index in [4.69, 9.17) is 9.84 Å². The van der Waals surface area contributed by atoms with Crippen LogP contribution in [0, 0.1) is 4.91 Å². The van der Waals surface area contributed by atoms with Crippen molar-refractivity contribution >= 4 is 5.97 Å². The summed E-state index contributed by atoms with van der Waals surface area (Å²) in [6.45, 7) is 1.23. The van der Waals surface area contributed by atoms with E-state index in [1.807, 2.05) is 6.07 Å². The zero-order chi connectivity index (χ0) is 12.0. The van der Waals surface area contributed by atoms with Crippen LogP contribution in [0.1, 0.15) is 12.5 Å². The van der Waals surface area contributed by atoms with Gasteiger partial charge in [-0.3, -0.25) is 0 Å². The number of esters is 1. The molecule has 1 N–H and O–H groups in total. The van der Waals surface area contributed by atoms with Gasteiger partial charge in [0.05, 0.1) is 0 Å². The number of ether oxygens (including phenoxy) is 1. The molecule has 0 atom stereocenters. The van der Waals surface area contributed by atoms with Gasteiger partial charge in [-0.2, -0.15) is 0 Å². The third kappa shape index (κ3) is 3.20. The van der Waals surface area contributed by atoms with Gasteiger partial charge >= 0.3 is 5.97 Å². The van der Waals surface area contributed by atoms with Gasteiger partial charge < -0.3 is 9.84 Å². The number of hydrogen-bond acceptors (Lipinski definition) is 5. The molecule has 5 heteroatoms. The van der Waals surface area contributed by atoms with Crippen LogP contribution in [0.5, 0.6) is 0 Å². The van der Waals surface area contributed by atoms with Crippen LogP contribution in [-0.4, -0.2) is 11.1 Å². The molecule has 1 aromatic carbocycles. The van der Waals surface area contributed by atoms with Gasteiger partial charge in [0, 0.05) is 0 Å². The summed E-state index contributed by atoms with van der Waals surface area (Å²) < 4.78 is 4.79. The predicted octanol–water partition coefficient (Wildman–Crippen LogP) is 2.29. The van der Waals surface area contributed by atoms with Crippen molar-refractivity contribution in [1.29, 1.82) is 0 Å². The number of nitrogens with zero attached hydrogens (tertiary/aromatic N) is 1. The van der Waals surface area contributed by atoms with E-state index in [2.05, 4.69) is 5.18 Å². The minimum absolute atomic E-state index is 0.0337. The summed E-state index contributed by atoms with van der Waals surface area (Å²) in [5.41, 5.74) is 0.188. The zero-order valence-electron chi connectivity index (χ0n) is 8.71. The Morgan fingerprint density at radius 1 is 1.38 bits per heavy atom. The fourth-order valence-corrected chi connectivity index (χ4v) is 1.04. The molecule has 0 unspecified atom stereocenters. The van der Waals surface area contributed by atoms with E-state index >= 15 is 0 Å². The molecule has 0 radical (unpaired) electrons. The van der Waals surface area contributed by atoms with Crippen molar-refractivity contribution in [3.63, 3.8) is 0 Å². The number of nitroso groups, excluding NO2 is 1. The fraction of sp³-hybridized carbons (Fsp3) is 0.182. The largest absolute Gasteiger partial charge is 0.510 e. The lowest BCUT2D eigenvalue weighted by Crippen LogP contribution is -2.08. The summed E-state index contributed by atoms with van der Waals surface area (Å²) in [4.78, 5) is 21.5. The van der Waals surface area contributed by atoms with E-state index in [0.29, 0.717) is 0 Å². The Morgan fingerprint density at radius 3 is 2.50 bits per heavy atom. The van der Waals surface area contributed by atoms with Crippen LogP contribution >= 0.6 is 0 Å². The highest BCUT2D eigenvalue weighted by Crippen LogP contribution is 2.08. The lowest BCUT2D eigenvalue weighted by molar-refractivity contribution is -0.140. The summed E-state index contributed by atoms with van der Waals surface area (Å²) in [6.07, 6.45) is 0.